The number of ether oxygens (including phenoxy) is 2. The van der Waals surface area contributed by atoms with Crippen molar-refractivity contribution < 1.29 is 14.6 Å². The van der Waals surface area contributed by atoms with Gasteiger partial charge in [0, 0.05) is 23.4 Å². The molecule has 2 atom stereocenters. The number of hydrogen-bond acceptors (Lipinski definition) is 5. The lowest BCUT2D eigenvalue weighted by Crippen LogP contribution is -2.19. The molecule has 0 amide bonds. The summed E-state index contributed by atoms with van der Waals surface area (Å²) < 4.78 is 11.1. The number of aliphatic hydroxyl groups is 1. The Hall–Kier alpha value is -1.59. The molecule has 0 spiro atoms. The highest BCUT2D eigenvalue weighted by molar-refractivity contribution is 7.07. The fraction of sp³-hybridized carbons (Fsp3) is 0.308. The zero-order chi connectivity index (χ0) is 12.5. The van der Waals surface area contributed by atoms with Crippen LogP contribution in [0.4, 0.5) is 0 Å². The van der Waals surface area contributed by atoms with Gasteiger partial charge >= 0.3 is 0 Å². The molecule has 1 aliphatic heterocycles. The first kappa shape index (κ1) is 11.5. The normalized spacial score (nSPS) is 22.1. The van der Waals surface area contributed by atoms with E-state index in [1.165, 1.54) is 11.3 Å². The van der Waals surface area contributed by atoms with Gasteiger partial charge in [0.2, 0.25) is 0 Å². The molecule has 0 bridgehead atoms. The van der Waals surface area contributed by atoms with Crippen LogP contribution in [0.15, 0.2) is 29.1 Å². The van der Waals surface area contributed by atoms with E-state index in [-0.39, 0.29) is 6.10 Å². The summed E-state index contributed by atoms with van der Waals surface area (Å²) in [6, 6.07) is 5.47. The van der Waals surface area contributed by atoms with Crippen LogP contribution in [-0.2, 0) is 0 Å². The third-order valence-corrected chi connectivity index (χ3v) is 3.67. The Labute approximate surface area is 109 Å². The molecule has 2 aromatic rings. The van der Waals surface area contributed by atoms with Crippen molar-refractivity contribution in [3.63, 3.8) is 0 Å². The second kappa shape index (κ2) is 4.59. The summed E-state index contributed by atoms with van der Waals surface area (Å²) in [6.45, 7) is 0. The van der Waals surface area contributed by atoms with E-state index < -0.39 is 6.10 Å². The molecule has 1 N–H and O–H groups in total. The molecular formula is C13H13NO3S. The number of aromatic nitrogens is 1. The summed E-state index contributed by atoms with van der Waals surface area (Å²) in [6.07, 6.45) is -0.180. The topological polar surface area (TPSA) is 51.6 Å². The summed E-state index contributed by atoms with van der Waals surface area (Å²) in [5.41, 5.74) is 3.45. The number of thiazole rings is 1. The summed E-state index contributed by atoms with van der Waals surface area (Å²) in [7, 11) is 1.61. The first-order chi connectivity index (χ1) is 8.78. The van der Waals surface area contributed by atoms with Crippen LogP contribution in [0.5, 0.6) is 11.5 Å². The number of fused-ring (bicyclic) bond motifs is 1. The fourth-order valence-electron chi connectivity index (χ4n) is 2.11. The van der Waals surface area contributed by atoms with Gasteiger partial charge in [-0.3, -0.25) is 0 Å². The lowest BCUT2D eigenvalue weighted by Gasteiger charge is -2.28. The number of rotatable bonds is 2. The van der Waals surface area contributed by atoms with E-state index in [9.17, 15) is 5.11 Å². The molecule has 1 aromatic carbocycles. The lowest BCUT2D eigenvalue weighted by molar-refractivity contribution is 0.0637. The number of aliphatic hydroxyl groups excluding tert-OH is 1. The molecule has 1 aliphatic rings. The highest BCUT2D eigenvalue weighted by Crippen LogP contribution is 2.41. The Morgan fingerprint density at radius 3 is 3.11 bits per heavy atom. The Kier molecular flexibility index (Phi) is 2.93. The van der Waals surface area contributed by atoms with E-state index >= 15 is 0 Å². The molecule has 18 heavy (non-hydrogen) atoms. The van der Waals surface area contributed by atoms with Crippen molar-refractivity contribution in [2.45, 2.75) is 18.6 Å². The molecule has 1 unspecified atom stereocenters. The molecule has 94 valence electrons. The minimum Gasteiger partial charge on any atom is -0.497 e. The predicted octanol–water partition coefficient (Wildman–Crippen LogP) is 2.71. The Morgan fingerprint density at radius 1 is 1.50 bits per heavy atom. The molecule has 1 aromatic heterocycles. The van der Waals surface area contributed by atoms with Gasteiger partial charge in [-0.25, -0.2) is 4.98 Å². The molecule has 2 heterocycles. The quantitative estimate of drug-likeness (QED) is 0.905. The first-order valence-electron chi connectivity index (χ1n) is 5.68. The van der Waals surface area contributed by atoms with Crippen molar-refractivity contribution in [1.82, 2.24) is 4.98 Å². The van der Waals surface area contributed by atoms with Gasteiger partial charge in [0.25, 0.3) is 0 Å². The van der Waals surface area contributed by atoms with E-state index in [4.69, 9.17) is 9.47 Å². The number of hydrogen-bond donors (Lipinski definition) is 1. The molecule has 0 radical (unpaired) electrons. The third-order valence-electron chi connectivity index (χ3n) is 3.07. The van der Waals surface area contributed by atoms with E-state index in [0.717, 1.165) is 17.0 Å². The Balaban J connectivity index is 1.95. The number of nitrogens with zero attached hydrogens (tertiary/aromatic N) is 1. The molecule has 3 rings (SSSR count). The highest BCUT2D eigenvalue weighted by atomic mass is 32.1. The lowest BCUT2D eigenvalue weighted by atomic mass is 9.98. The molecule has 5 heteroatoms. The van der Waals surface area contributed by atoms with Crippen LogP contribution in [0.2, 0.25) is 0 Å². The van der Waals surface area contributed by atoms with Crippen molar-refractivity contribution in [2.75, 3.05) is 7.11 Å². The molecule has 0 saturated heterocycles. The second-order valence-electron chi connectivity index (χ2n) is 4.18. The molecule has 0 aliphatic carbocycles. The van der Waals surface area contributed by atoms with Gasteiger partial charge in [-0.05, 0) is 12.1 Å². The van der Waals surface area contributed by atoms with Crippen molar-refractivity contribution in [2.24, 2.45) is 0 Å². The number of methoxy groups -OCH3 is 1. The summed E-state index contributed by atoms with van der Waals surface area (Å²) >= 11 is 1.53. The average Bonchev–Trinajstić information content (AvgIpc) is 2.91. The van der Waals surface area contributed by atoms with Crippen LogP contribution in [0, 0.1) is 0 Å². The Morgan fingerprint density at radius 2 is 2.39 bits per heavy atom. The average molecular weight is 263 g/mol. The van der Waals surface area contributed by atoms with E-state index in [0.29, 0.717) is 12.2 Å². The smallest absolute Gasteiger partial charge is 0.144 e. The third kappa shape index (κ3) is 1.95. The minimum absolute atomic E-state index is 0.189. The maximum absolute atomic E-state index is 10.1. The van der Waals surface area contributed by atoms with Gasteiger partial charge in [0.15, 0.2) is 0 Å². The predicted molar refractivity (Wildman–Crippen MR) is 68.1 cm³/mol. The van der Waals surface area contributed by atoms with E-state index in [1.54, 1.807) is 18.7 Å². The highest BCUT2D eigenvalue weighted by Gasteiger charge is 2.29. The van der Waals surface area contributed by atoms with Crippen molar-refractivity contribution >= 4 is 11.3 Å². The number of benzene rings is 1. The summed E-state index contributed by atoms with van der Waals surface area (Å²) in [4.78, 5) is 4.24. The van der Waals surface area contributed by atoms with Gasteiger partial charge in [-0.2, -0.15) is 0 Å². The second-order valence-corrected chi connectivity index (χ2v) is 4.89. The zero-order valence-electron chi connectivity index (χ0n) is 9.87. The molecular weight excluding hydrogens is 250 g/mol. The monoisotopic (exact) mass is 263 g/mol. The van der Waals surface area contributed by atoms with Gasteiger partial charge in [-0.15, -0.1) is 11.3 Å². The zero-order valence-corrected chi connectivity index (χ0v) is 10.7. The van der Waals surface area contributed by atoms with Gasteiger partial charge < -0.3 is 14.6 Å². The van der Waals surface area contributed by atoms with Crippen LogP contribution < -0.4 is 9.47 Å². The van der Waals surface area contributed by atoms with Crippen LogP contribution in [0.25, 0.3) is 0 Å². The summed E-state index contributed by atoms with van der Waals surface area (Å²) in [5.74, 6) is 1.39. The van der Waals surface area contributed by atoms with Gasteiger partial charge in [0.05, 0.1) is 24.4 Å². The maximum atomic E-state index is 10.1. The summed E-state index contributed by atoms with van der Waals surface area (Å²) in [5, 5.41) is 12.1. The van der Waals surface area contributed by atoms with Crippen molar-refractivity contribution in [3.8, 4) is 11.5 Å². The van der Waals surface area contributed by atoms with Crippen molar-refractivity contribution in [1.29, 1.82) is 0 Å². The maximum Gasteiger partial charge on any atom is 0.144 e. The molecule has 0 saturated carbocycles. The van der Waals surface area contributed by atoms with Gasteiger partial charge in [0.1, 0.15) is 17.6 Å². The molecule has 4 nitrogen and oxygen atoms in total. The largest absolute Gasteiger partial charge is 0.497 e. The van der Waals surface area contributed by atoms with E-state index in [2.05, 4.69) is 4.98 Å². The molecule has 0 fully saturated rings. The van der Waals surface area contributed by atoms with Gasteiger partial charge in [-0.1, -0.05) is 0 Å². The van der Waals surface area contributed by atoms with Crippen LogP contribution in [0.1, 0.15) is 29.9 Å². The van der Waals surface area contributed by atoms with E-state index in [1.807, 2.05) is 17.5 Å². The minimum atomic E-state index is -0.522. The Bertz CT molecular complexity index is 541. The standard InChI is InChI=1S/C13H13NO3S/c1-16-8-2-3-9-11(15)5-13(17-12(9)4-8)10-6-18-7-14-10/h2-4,6-7,11,13,15H,5H2,1H3/t11-,13?/m1/s1. The van der Waals surface area contributed by atoms with Crippen molar-refractivity contribution in [3.05, 3.63) is 40.3 Å². The SMILES string of the molecule is COc1ccc2c(c1)OC(c1cscn1)C[C@H]2O. The van der Waals surface area contributed by atoms with Crippen LogP contribution in [-0.4, -0.2) is 17.2 Å². The van der Waals surface area contributed by atoms with Crippen LogP contribution >= 0.6 is 11.3 Å². The fourth-order valence-corrected chi connectivity index (χ4v) is 2.71. The van der Waals surface area contributed by atoms with Crippen LogP contribution in [0.3, 0.4) is 0 Å². The first-order valence-corrected chi connectivity index (χ1v) is 6.63.